The van der Waals surface area contributed by atoms with Crippen molar-refractivity contribution in [1.29, 1.82) is 0 Å². The fraction of sp³-hybridized carbons (Fsp3) is 0.611. The Balaban J connectivity index is 0.00000139. The van der Waals surface area contributed by atoms with Gasteiger partial charge in [0, 0.05) is 58.0 Å². The number of hydrogen-bond acceptors (Lipinski definition) is 7. The first-order valence-corrected chi connectivity index (χ1v) is 16.1. The lowest BCUT2D eigenvalue weighted by atomic mass is 9.84. The summed E-state index contributed by atoms with van der Waals surface area (Å²) >= 11 is 0. The number of aliphatic carboxylic acids is 1. The van der Waals surface area contributed by atoms with Gasteiger partial charge in [0.05, 0.1) is 11.5 Å². The number of benzene rings is 2. The summed E-state index contributed by atoms with van der Waals surface area (Å²) in [7, 11) is 0. The van der Waals surface area contributed by atoms with Crippen molar-refractivity contribution >= 4 is 17.6 Å². The van der Waals surface area contributed by atoms with E-state index in [1.165, 1.54) is 17.2 Å². The third-order valence-electron chi connectivity index (χ3n) is 8.28. The smallest absolute Gasteiger partial charge is 0.311 e. The highest BCUT2D eigenvalue weighted by atomic mass is 16.6. The standard InChI is InChI=1S/C33H47N3O5.C2H4O2.CH4/c1-24(2)23-40-31-22-29(10-11-30(31)36(38)39)41-28-14-20-35(21-15-28)32(37)16-19-34-17-12-26(13-18-34)25-6-8-27(9-7-25)33(3,4)5;1-2(3)4;/h6-11,22,24,26,28H,12-21,23H2,1-5H3;1H3,(H,3,4);1H4. The van der Waals surface area contributed by atoms with Gasteiger partial charge in [0.2, 0.25) is 11.7 Å². The third-order valence-corrected chi connectivity index (χ3v) is 8.28. The van der Waals surface area contributed by atoms with E-state index in [0.717, 1.165) is 52.2 Å². The van der Waals surface area contributed by atoms with Crippen molar-refractivity contribution in [2.75, 3.05) is 39.3 Å². The minimum absolute atomic E-state index is 0. The van der Waals surface area contributed by atoms with Crippen LogP contribution in [-0.2, 0) is 15.0 Å². The first kappa shape index (κ1) is 38.5. The van der Waals surface area contributed by atoms with E-state index >= 15 is 0 Å². The molecule has 1 N–H and O–H groups in total. The van der Waals surface area contributed by atoms with Crippen LogP contribution in [0.1, 0.15) is 98.1 Å². The third kappa shape index (κ3) is 12.3. The number of ether oxygens (including phenoxy) is 2. The van der Waals surface area contributed by atoms with Gasteiger partial charge >= 0.3 is 5.69 Å². The summed E-state index contributed by atoms with van der Waals surface area (Å²) < 4.78 is 11.8. The Kier molecular flexibility index (Phi) is 15.0. The number of hydrogen-bond donors (Lipinski definition) is 1. The van der Waals surface area contributed by atoms with E-state index < -0.39 is 10.9 Å². The molecule has 0 radical (unpaired) electrons. The van der Waals surface area contributed by atoms with Crippen LogP contribution in [0.3, 0.4) is 0 Å². The Morgan fingerprint density at radius 2 is 1.59 bits per heavy atom. The van der Waals surface area contributed by atoms with E-state index in [9.17, 15) is 14.9 Å². The second-order valence-electron chi connectivity index (χ2n) is 13.5. The molecule has 2 aromatic carbocycles. The van der Waals surface area contributed by atoms with Crippen LogP contribution < -0.4 is 9.47 Å². The van der Waals surface area contributed by atoms with Crippen LogP contribution in [0.25, 0.3) is 0 Å². The van der Waals surface area contributed by atoms with E-state index in [0.29, 0.717) is 37.8 Å². The number of likely N-dealkylation sites (tertiary alicyclic amines) is 2. The van der Waals surface area contributed by atoms with Crippen molar-refractivity contribution in [3.63, 3.8) is 0 Å². The quantitative estimate of drug-likeness (QED) is 0.212. The van der Waals surface area contributed by atoms with Gasteiger partial charge in [0.25, 0.3) is 5.97 Å². The van der Waals surface area contributed by atoms with Gasteiger partial charge in [-0.3, -0.25) is 19.7 Å². The number of carboxylic acid groups (broad SMARTS) is 1. The van der Waals surface area contributed by atoms with Crippen LogP contribution in [0.4, 0.5) is 5.69 Å². The van der Waals surface area contributed by atoms with Crippen LogP contribution in [0.2, 0.25) is 0 Å². The molecule has 2 heterocycles. The first-order valence-electron chi connectivity index (χ1n) is 16.1. The minimum atomic E-state index is -0.833. The number of piperidine rings is 2. The number of nitro groups is 1. The van der Waals surface area contributed by atoms with Gasteiger partial charge in [-0.2, -0.15) is 0 Å². The van der Waals surface area contributed by atoms with Gasteiger partial charge in [0.1, 0.15) is 11.9 Å². The van der Waals surface area contributed by atoms with Crippen molar-refractivity contribution < 1.29 is 29.1 Å². The van der Waals surface area contributed by atoms with Gasteiger partial charge in [-0.25, -0.2) is 0 Å². The van der Waals surface area contributed by atoms with E-state index in [1.54, 1.807) is 12.1 Å². The Labute approximate surface area is 275 Å². The second kappa shape index (κ2) is 17.9. The molecule has 46 heavy (non-hydrogen) atoms. The topological polar surface area (TPSA) is 122 Å². The molecular formula is C36H55N3O7. The molecule has 2 aliphatic rings. The molecule has 0 spiro atoms. The average Bonchev–Trinajstić information content (AvgIpc) is 2.99. The normalized spacial score (nSPS) is 16.2. The number of carbonyl (C=O) groups is 2. The molecule has 2 aliphatic heterocycles. The molecule has 0 aromatic heterocycles. The number of nitrogens with zero attached hydrogens (tertiary/aromatic N) is 3. The zero-order valence-electron chi connectivity index (χ0n) is 27.8. The summed E-state index contributed by atoms with van der Waals surface area (Å²) in [6, 6.07) is 13.8. The molecule has 1 amide bonds. The minimum Gasteiger partial charge on any atom is -0.490 e. The lowest BCUT2D eigenvalue weighted by Crippen LogP contribution is -2.43. The summed E-state index contributed by atoms with van der Waals surface area (Å²) in [6.45, 7) is 16.4. The first-order chi connectivity index (χ1) is 21.2. The molecular weight excluding hydrogens is 586 g/mol. The fourth-order valence-corrected chi connectivity index (χ4v) is 5.66. The maximum absolute atomic E-state index is 13.0. The van der Waals surface area contributed by atoms with Gasteiger partial charge in [0.15, 0.2) is 0 Å². The van der Waals surface area contributed by atoms with Crippen LogP contribution in [-0.4, -0.2) is 77.1 Å². The summed E-state index contributed by atoms with van der Waals surface area (Å²) in [5.41, 5.74) is 2.93. The number of carbonyl (C=O) groups excluding carboxylic acids is 1. The second-order valence-corrected chi connectivity index (χ2v) is 13.5. The highest BCUT2D eigenvalue weighted by Crippen LogP contribution is 2.33. The highest BCUT2D eigenvalue weighted by Gasteiger charge is 2.27. The van der Waals surface area contributed by atoms with Crippen LogP contribution in [0, 0.1) is 16.0 Å². The highest BCUT2D eigenvalue weighted by molar-refractivity contribution is 5.76. The predicted molar refractivity (Wildman–Crippen MR) is 182 cm³/mol. The van der Waals surface area contributed by atoms with E-state index in [-0.39, 0.29) is 42.2 Å². The van der Waals surface area contributed by atoms with E-state index in [1.807, 2.05) is 18.7 Å². The maximum atomic E-state index is 13.0. The van der Waals surface area contributed by atoms with Crippen LogP contribution >= 0.6 is 0 Å². The molecule has 10 heteroatoms. The van der Waals surface area contributed by atoms with Crippen LogP contribution in [0.5, 0.6) is 11.5 Å². The largest absolute Gasteiger partial charge is 0.490 e. The molecule has 0 unspecified atom stereocenters. The van der Waals surface area contributed by atoms with Crippen molar-refractivity contribution in [3.8, 4) is 11.5 Å². The number of rotatable bonds is 10. The molecule has 2 saturated heterocycles. The molecule has 256 valence electrons. The van der Waals surface area contributed by atoms with Crippen LogP contribution in [0.15, 0.2) is 42.5 Å². The molecule has 2 fully saturated rings. The van der Waals surface area contributed by atoms with Gasteiger partial charge in [-0.1, -0.05) is 66.3 Å². The average molecular weight is 642 g/mol. The molecule has 2 aromatic rings. The maximum Gasteiger partial charge on any atom is 0.311 e. The van der Waals surface area contributed by atoms with Gasteiger partial charge in [-0.05, 0) is 60.4 Å². The number of carboxylic acids is 1. The van der Waals surface area contributed by atoms with Gasteiger partial charge < -0.3 is 24.4 Å². The lowest BCUT2D eigenvalue weighted by Gasteiger charge is -2.34. The fourth-order valence-electron chi connectivity index (χ4n) is 5.66. The number of nitro benzene ring substituents is 1. The SMILES string of the molecule is C.CC(=O)O.CC(C)COc1cc(OC2CCN(C(=O)CCN3CCC(c4ccc(C(C)(C)C)cc4)CC3)CC2)ccc1[N+](=O)[O-]. The molecule has 0 bridgehead atoms. The van der Waals surface area contributed by atoms with E-state index in [2.05, 4.69) is 49.9 Å². The van der Waals surface area contributed by atoms with E-state index in [4.69, 9.17) is 19.4 Å². The molecule has 10 nitrogen and oxygen atoms in total. The van der Waals surface area contributed by atoms with Gasteiger partial charge in [-0.15, -0.1) is 0 Å². The predicted octanol–water partition coefficient (Wildman–Crippen LogP) is 7.29. The summed E-state index contributed by atoms with van der Waals surface area (Å²) in [4.78, 5) is 37.3. The van der Waals surface area contributed by atoms with Crippen molar-refractivity contribution in [2.24, 2.45) is 5.92 Å². The zero-order valence-corrected chi connectivity index (χ0v) is 27.8. The Morgan fingerprint density at radius 1 is 1.00 bits per heavy atom. The summed E-state index contributed by atoms with van der Waals surface area (Å²) in [6.07, 6.45) is 4.27. The molecule has 0 saturated carbocycles. The summed E-state index contributed by atoms with van der Waals surface area (Å²) in [5.74, 6) is 1.03. The number of amides is 1. The lowest BCUT2D eigenvalue weighted by molar-refractivity contribution is -0.385. The monoisotopic (exact) mass is 641 g/mol. The Bertz CT molecular complexity index is 1250. The summed E-state index contributed by atoms with van der Waals surface area (Å²) in [5, 5.41) is 18.8. The molecule has 0 atom stereocenters. The van der Waals surface area contributed by atoms with Crippen molar-refractivity contribution in [3.05, 3.63) is 63.7 Å². The Morgan fingerprint density at radius 3 is 2.11 bits per heavy atom. The molecule has 4 rings (SSSR count). The zero-order chi connectivity index (χ0) is 33.1. The molecule has 0 aliphatic carbocycles. The van der Waals surface area contributed by atoms with Crippen molar-refractivity contribution in [2.45, 2.75) is 98.5 Å². The Hall–Kier alpha value is -3.66. The van der Waals surface area contributed by atoms with Crippen molar-refractivity contribution in [1.82, 2.24) is 9.80 Å².